The van der Waals surface area contributed by atoms with E-state index in [1.165, 1.54) is 148 Å². The number of nitrogens with one attached hydrogen (secondary N) is 1. The molecular weight excluding hydrogens is 595 g/mol. The molecule has 2 atom stereocenters. The number of unbranched alkanes of at least 4 members (excludes halogenated alkanes) is 24. The number of hydrogen-bond acceptors (Lipinski definition) is 6. The van der Waals surface area contributed by atoms with Gasteiger partial charge in [0.25, 0.3) is 7.82 Å². The van der Waals surface area contributed by atoms with Gasteiger partial charge in [-0.05, 0) is 19.4 Å². The van der Waals surface area contributed by atoms with E-state index in [-0.39, 0.29) is 13.2 Å². The molecule has 0 saturated carbocycles. The van der Waals surface area contributed by atoms with Crippen LogP contribution in [0.4, 0.5) is 0 Å². The van der Waals surface area contributed by atoms with Crippen molar-refractivity contribution in [1.82, 2.24) is 5.32 Å². The van der Waals surface area contributed by atoms with E-state index in [9.17, 15) is 9.46 Å². The molecule has 0 spiro atoms. The summed E-state index contributed by atoms with van der Waals surface area (Å²) in [6, 6.07) is 0. The van der Waals surface area contributed by atoms with E-state index in [1.807, 2.05) is 21.1 Å². The number of nitrogens with zero attached hydrogens (tertiary/aromatic N) is 1. The maximum absolute atomic E-state index is 12.5. The lowest BCUT2D eigenvalue weighted by Crippen LogP contribution is -2.38. The zero-order valence-electron chi connectivity index (χ0n) is 31.6. The standard InChI is InChI=1S/C38H81N2O5P/c1-6-8-10-12-14-16-17-18-19-20-21-22-23-24-25-26-28-30-32-39-36-38(45-46(41,42)44-35-33-40(3,4)5)37-43-34-31-29-27-15-13-11-9-7-2/h38-39H,6-37H2,1-5H3. The van der Waals surface area contributed by atoms with Gasteiger partial charge in [-0.25, -0.2) is 0 Å². The molecule has 0 saturated heterocycles. The van der Waals surface area contributed by atoms with E-state index in [1.54, 1.807) is 0 Å². The number of rotatable bonds is 38. The van der Waals surface area contributed by atoms with Crippen LogP contribution in [0.15, 0.2) is 0 Å². The normalized spacial score (nSPS) is 14.1. The van der Waals surface area contributed by atoms with Gasteiger partial charge in [0.15, 0.2) is 0 Å². The average Bonchev–Trinajstić information content (AvgIpc) is 3.00. The van der Waals surface area contributed by atoms with Crippen LogP contribution in [-0.2, 0) is 18.3 Å². The molecule has 0 heterocycles. The predicted octanol–water partition coefficient (Wildman–Crippen LogP) is 10.4. The lowest BCUT2D eigenvalue weighted by molar-refractivity contribution is -0.870. The van der Waals surface area contributed by atoms with Crippen molar-refractivity contribution in [1.29, 1.82) is 0 Å². The highest BCUT2D eigenvalue weighted by atomic mass is 31.2. The van der Waals surface area contributed by atoms with Gasteiger partial charge in [-0.15, -0.1) is 0 Å². The average molecular weight is 677 g/mol. The first-order valence-corrected chi connectivity index (χ1v) is 21.4. The lowest BCUT2D eigenvalue weighted by Gasteiger charge is -2.30. The third kappa shape index (κ3) is 36.8. The van der Waals surface area contributed by atoms with Gasteiger partial charge in [0.2, 0.25) is 0 Å². The largest absolute Gasteiger partial charge is 0.756 e. The molecule has 7 nitrogen and oxygen atoms in total. The molecule has 0 rings (SSSR count). The first-order valence-electron chi connectivity index (χ1n) is 19.9. The highest BCUT2D eigenvalue weighted by Crippen LogP contribution is 2.39. The van der Waals surface area contributed by atoms with Crippen LogP contribution in [-0.4, -0.2) is 71.2 Å². The maximum Gasteiger partial charge on any atom is 0.268 e. The van der Waals surface area contributed by atoms with Crippen LogP contribution < -0.4 is 10.2 Å². The molecular formula is C38H81N2O5P. The molecule has 0 bridgehead atoms. The summed E-state index contributed by atoms with van der Waals surface area (Å²) in [5, 5.41) is 3.40. The van der Waals surface area contributed by atoms with Gasteiger partial charge in [-0.1, -0.05) is 168 Å². The van der Waals surface area contributed by atoms with Gasteiger partial charge in [0.1, 0.15) is 19.3 Å². The Hall–Kier alpha value is -0.0100. The van der Waals surface area contributed by atoms with Crippen molar-refractivity contribution in [2.45, 2.75) is 187 Å². The van der Waals surface area contributed by atoms with Crippen LogP contribution in [0.25, 0.3) is 0 Å². The monoisotopic (exact) mass is 677 g/mol. The fourth-order valence-corrected chi connectivity index (χ4v) is 6.60. The second-order valence-corrected chi connectivity index (χ2v) is 16.1. The summed E-state index contributed by atoms with van der Waals surface area (Å²) in [4.78, 5) is 12.5. The SMILES string of the molecule is CCCCCCCCCCCCCCCCCCCCNCC(COCCCCCCCCCC)OP(=O)([O-])OCC[N+](C)(C)C. The lowest BCUT2D eigenvalue weighted by atomic mass is 10.0. The maximum atomic E-state index is 12.5. The number of hydrogen-bond donors (Lipinski definition) is 1. The van der Waals surface area contributed by atoms with Gasteiger partial charge >= 0.3 is 0 Å². The Morgan fingerprint density at radius 2 is 0.978 bits per heavy atom. The molecule has 0 radical (unpaired) electrons. The minimum absolute atomic E-state index is 0.114. The minimum Gasteiger partial charge on any atom is -0.756 e. The summed E-state index contributed by atoms with van der Waals surface area (Å²) >= 11 is 0. The fraction of sp³-hybridized carbons (Fsp3) is 1.00. The Bertz CT molecular complexity index is 661. The van der Waals surface area contributed by atoms with Crippen LogP contribution in [0, 0.1) is 0 Å². The third-order valence-corrected chi connectivity index (χ3v) is 9.87. The van der Waals surface area contributed by atoms with E-state index in [2.05, 4.69) is 19.2 Å². The number of phosphoric acid groups is 1. The summed E-state index contributed by atoms with van der Waals surface area (Å²) in [5.74, 6) is 0. The van der Waals surface area contributed by atoms with E-state index < -0.39 is 13.9 Å². The minimum atomic E-state index is -4.39. The van der Waals surface area contributed by atoms with Crippen LogP contribution in [0.5, 0.6) is 0 Å². The molecule has 0 aliphatic carbocycles. The first kappa shape index (κ1) is 46.0. The highest BCUT2D eigenvalue weighted by Gasteiger charge is 2.20. The number of likely N-dealkylation sites (N-methyl/N-ethyl adjacent to an activating group) is 1. The quantitative estimate of drug-likeness (QED) is 0.0398. The smallest absolute Gasteiger partial charge is 0.268 e. The molecule has 8 heteroatoms. The molecule has 0 aromatic carbocycles. The predicted molar refractivity (Wildman–Crippen MR) is 196 cm³/mol. The van der Waals surface area contributed by atoms with Gasteiger partial charge in [-0.3, -0.25) is 4.57 Å². The fourth-order valence-electron chi connectivity index (χ4n) is 5.73. The van der Waals surface area contributed by atoms with E-state index in [4.69, 9.17) is 13.8 Å². The highest BCUT2D eigenvalue weighted by molar-refractivity contribution is 7.45. The molecule has 0 fully saturated rings. The molecule has 0 amide bonds. The number of ether oxygens (including phenoxy) is 1. The van der Waals surface area contributed by atoms with Crippen molar-refractivity contribution in [2.75, 3.05) is 60.6 Å². The van der Waals surface area contributed by atoms with Crippen molar-refractivity contribution in [3.8, 4) is 0 Å². The van der Waals surface area contributed by atoms with Crippen molar-refractivity contribution in [3.05, 3.63) is 0 Å². The van der Waals surface area contributed by atoms with Crippen molar-refractivity contribution in [2.24, 2.45) is 0 Å². The number of phosphoric ester groups is 1. The van der Waals surface area contributed by atoms with Gasteiger partial charge in [0.05, 0.1) is 27.7 Å². The Morgan fingerprint density at radius 3 is 1.39 bits per heavy atom. The van der Waals surface area contributed by atoms with Gasteiger partial charge in [0, 0.05) is 13.2 Å². The van der Waals surface area contributed by atoms with Crippen LogP contribution in [0.1, 0.15) is 181 Å². The Kier molecular flexibility index (Phi) is 33.5. The zero-order valence-corrected chi connectivity index (χ0v) is 32.5. The molecule has 0 aromatic rings. The molecule has 278 valence electrons. The molecule has 46 heavy (non-hydrogen) atoms. The Balaban J connectivity index is 3.97. The first-order chi connectivity index (χ1) is 22.2. The van der Waals surface area contributed by atoms with Crippen LogP contribution in [0.3, 0.4) is 0 Å². The third-order valence-electron chi connectivity index (χ3n) is 8.81. The van der Waals surface area contributed by atoms with E-state index in [0.29, 0.717) is 24.2 Å². The van der Waals surface area contributed by atoms with Crippen molar-refractivity contribution >= 4 is 7.82 Å². The van der Waals surface area contributed by atoms with E-state index in [0.717, 1.165) is 25.8 Å². The second kappa shape index (κ2) is 33.5. The summed E-state index contributed by atoms with van der Waals surface area (Å²) in [6.45, 7) is 7.44. The summed E-state index contributed by atoms with van der Waals surface area (Å²) in [6.07, 6.45) is 34.0. The van der Waals surface area contributed by atoms with Gasteiger partial charge in [-0.2, -0.15) is 0 Å². The Labute approximate surface area is 287 Å². The molecule has 1 N–H and O–H groups in total. The second-order valence-electron chi connectivity index (χ2n) is 14.8. The summed E-state index contributed by atoms with van der Waals surface area (Å²) < 4.78 is 29.6. The molecule has 0 aromatic heterocycles. The van der Waals surface area contributed by atoms with Crippen LogP contribution in [0.2, 0.25) is 0 Å². The van der Waals surface area contributed by atoms with Crippen molar-refractivity contribution < 1.29 is 27.7 Å². The summed E-state index contributed by atoms with van der Waals surface area (Å²) in [7, 11) is 1.63. The van der Waals surface area contributed by atoms with Gasteiger partial charge < -0.3 is 28.5 Å². The zero-order chi connectivity index (χ0) is 34.0. The van der Waals surface area contributed by atoms with Crippen LogP contribution >= 0.6 is 7.82 Å². The van der Waals surface area contributed by atoms with E-state index >= 15 is 0 Å². The molecule has 2 unspecified atom stereocenters. The Morgan fingerprint density at radius 1 is 0.587 bits per heavy atom. The number of quaternary nitrogens is 1. The topological polar surface area (TPSA) is 79.9 Å². The summed E-state index contributed by atoms with van der Waals surface area (Å²) in [5.41, 5.74) is 0. The molecule has 0 aliphatic rings. The molecule has 0 aliphatic heterocycles. The van der Waals surface area contributed by atoms with Crippen molar-refractivity contribution in [3.63, 3.8) is 0 Å².